The van der Waals surface area contributed by atoms with Gasteiger partial charge in [-0.1, -0.05) is 12.1 Å². The van der Waals surface area contributed by atoms with Gasteiger partial charge in [-0.3, -0.25) is 0 Å². The van der Waals surface area contributed by atoms with Crippen LogP contribution in [-0.4, -0.2) is 45.2 Å². The summed E-state index contributed by atoms with van der Waals surface area (Å²) < 4.78 is 0. The van der Waals surface area contributed by atoms with Crippen molar-refractivity contribution in [3.63, 3.8) is 0 Å². The second-order valence-corrected chi connectivity index (χ2v) is 5.40. The molecule has 0 spiro atoms. The maximum atomic E-state index is 10.6. The Bertz CT molecular complexity index is 668. The van der Waals surface area contributed by atoms with Gasteiger partial charge < -0.3 is 15.3 Å². The number of aromatic nitrogens is 2. The van der Waals surface area contributed by atoms with Crippen molar-refractivity contribution in [3.8, 4) is 6.19 Å². The van der Waals surface area contributed by atoms with Gasteiger partial charge in [0.1, 0.15) is 12.1 Å². The van der Waals surface area contributed by atoms with E-state index in [0.717, 1.165) is 16.7 Å². The number of nitrogens with one attached hydrogen (secondary N) is 1. The third-order valence-electron chi connectivity index (χ3n) is 3.96. The summed E-state index contributed by atoms with van der Waals surface area (Å²) in [6.07, 6.45) is 4.80. The minimum atomic E-state index is -0.792. The van der Waals surface area contributed by atoms with Crippen molar-refractivity contribution in [3.05, 3.63) is 30.6 Å². The highest BCUT2D eigenvalue weighted by Gasteiger charge is 2.32. The number of nitrogens with zero attached hydrogens (tertiary/aromatic N) is 4. The maximum absolute atomic E-state index is 10.6. The smallest absolute Gasteiger partial charge is 0.179 e. The molecule has 1 fully saturated rings. The first-order chi connectivity index (χ1) is 10.2. The monoisotopic (exact) mass is 283 g/mol. The highest BCUT2D eigenvalue weighted by molar-refractivity contribution is 5.88. The first kappa shape index (κ1) is 13.6. The number of nitriles is 1. The van der Waals surface area contributed by atoms with E-state index in [0.29, 0.717) is 32.5 Å². The molecule has 1 aliphatic rings. The molecule has 0 bridgehead atoms. The number of aliphatic hydroxyl groups is 1. The molecule has 6 nitrogen and oxygen atoms in total. The molecular weight excluding hydrogens is 266 g/mol. The number of rotatable bonds is 3. The standard InChI is InChI=1S/C15H17N5O/c16-10-20-7-5-15(21,6-8-20)9-17-14-12-3-1-2-4-13(12)18-11-19-14/h1-4,11,21H,5-9H2,(H,17,18,19). The fourth-order valence-electron chi connectivity index (χ4n) is 2.59. The van der Waals surface area contributed by atoms with E-state index in [1.54, 1.807) is 4.90 Å². The maximum Gasteiger partial charge on any atom is 0.179 e. The van der Waals surface area contributed by atoms with Crippen LogP contribution < -0.4 is 5.32 Å². The average Bonchev–Trinajstić information content (AvgIpc) is 2.54. The van der Waals surface area contributed by atoms with Gasteiger partial charge in [-0.15, -0.1) is 0 Å². The van der Waals surface area contributed by atoms with E-state index in [1.807, 2.05) is 24.3 Å². The summed E-state index contributed by atoms with van der Waals surface area (Å²) in [5.41, 5.74) is 0.0839. The first-order valence-electron chi connectivity index (χ1n) is 7.01. The number of hydrogen-bond acceptors (Lipinski definition) is 6. The average molecular weight is 283 g/mol. The van der Waals surface area contributed by atoms with Gasteiger partial charge in [0.2, 0.25) is 0 Å². The number of benzene rings is 1. The molecular formula is C15H17N5O. The number of piperidine rings is 1. The van der Waals surface area contributed by atoms with Crippen LogP contribution in [0.5, 0.6) is 0 Å². The molecule has 1 aliphatic heterocycles. The zero-order valence-corrected chi connectivity index (χ0v) is 11.7. The van der Waals surface area contributed by atoms with E-state index < -0.39 is 5.60 Å². The Labute approximate surface area is 123 Å². The lowest BCUT2D eigenvalue weighted by Crippen LogP contribution is -2.47. The Kier molecular flexibility index (Phi) is 3.59. The van der Waals surface area contributed by atoms with Gasteiger partial charge in [0, 0.05) is 25.0 Å². The topological polar surface area (TPSA) is 85.1 Å². The normalized spacial score (nSPS) is 17.4. The number of anilines is 1. The van der Waals surface area contributed by atoms with Crippen molar-refractivity contribution in [2.45, 2.75) is 18.4 Å². The van der Waals surface area contributed by atoms with Crippen molar-refractivity contribution >= 4 is 16.7 Å². The summed E-state index contributed by atoms with van der Waals surface area (Å²) in [6, 6.07) is 7.77. The quantitative estimate of drug-likeness (QED) is 0.827. The number of hydrogen-bond donors (Lipinski definition) is 2. The van der Waals surface area contributed by atoms with Crippen molar-refractivity contribution in [1.82, 2.24) is 14.9 Å². The minimum Gasteiger partial charge on any atom is -0.388 e. The van der Waals surface area contributed by atoms with Crippen molar-refractivity contribution in [2.24, 2.45) is 0 Å². The van der Waals surface area contributed by atoms with E-state index in [9.17, 15) is 5.11 Å². The van der Waals surface area contributed by atoms with Crippen molar-refractivity contribution < 1.29 is 5.11 Å². The van der Waals surface area contributed by atoms with E-state index in [-0.39, 0.29) is 0 Å². The Morgan fingerprint density at radius 2 is 2.05 bits per heavy atom. The highest BCUT2D eigenvalue weighted by atomic mass is 16.3. The molecule has 1 aromatic carbocycles. The molecule has 1 aromatic heterocycles. The van der Waals surface area contributed by atoms with Crippen molar-refractivity contribution in [2.75, 3.05) is 25.0 Å². The molecule has 0 aliphatic carbocycles. The zero-order chi connectivity index (χ0) is 14.7. The fraction of sp³-hybridized carbons (Fsp3) is 0.400. The van der Waals surface area contributed by atoms with Gasteiger partial charge in [-0.05, 0) is 25.0 Å². The number of fused-ring (bicyclic) bond motifs is 1. The van der Waals surface area contributed by atoms with Crippen LogP contribution in [0.3, 0.4) is 0 Å². The van der Waals surface area contributed by atoms with E-state index >= 15 is 0 Å². The van der Waals surface area contributed by atoms with E-state index in [4.69, 9.17) is 5.26 Å². The van der Waals surface area contributed by atoms with Gasteiger partial charge in [0.25, 0.3) is 0 Å². The Morgan fingerprint density at radius 1 is 1.29 bits per heavy atom. The van der Waals surface area contributed by atoms with Crippen LogP contribution in [0, 0.1) is 11.5 Å². The van der Waals surface area contributed by atoms with E-state index in [2.05, 4.69) is 21.5 Å². The minimum absolute atomic E-state index is 0.424. The predicted octanol–water partition coefficient (Wildman–Crippen LogP) is 1.35. The van der Waals surface area contributed by atoms with Crippen LogP contribution in [0.25, 0.3) is 10.9 Å². The lowest BCUT2D eigenvalue weighted by atomic mass is 9.91. The third-order valence-corrected chi connectivity index (χ3v) is 3.96. The summed E-state index contributed by atoms with van der Waals surface area (Å²) in [5.74, 6) is 0.733. The van der Waals surface area contributed by atoms with Crippen LogP contribution in [0.1, 0.15) is 12.8 Å². The molecule has 0 saturated carbocycles. The molecule has 2 N–H and O–H groups in total. The van der Waals surface area contributed by atoms with Crippen LogP contribution >= 0.6 is 0 Å². The molecule has 6 heteroatoms. The van der Waals surface area contributed by atoms with Gasteiger partial charge in [-0.2, -0.15) is 5.26 Å². The molecule has 0 amide bonds. The Balaban J connectivity index is 1.71. The fourth-order valence-corrected chi connectivity index (χ4v) is 2.59. The van der Waals surface area contributed by atoms with Crippen LogP contribution in [0.2, 0.25) is 0 Å². The molecule has 2 aromatic rings. The summed E-state index contributed by atoms with van der Waals surface area (Å²) >= 11 is 0. The Morgan fingerprint density at radius 3 is 2.81 bits per heavy atom. The van der Waals surface area contributed by atoms with Gasteiger partial charge >= 0.3 is 0 Å². The second kappa shape index (κ2) is 5.54. The second-order valence-electron chi connectivity index (χ2n) is 5.40. The molecule has 1 saturated heterocycles. The van der Waals surface area contributed by atoms with Gasteiger partial charge in [0.15, 0.2) is 6.19 Å². The Hall–Kier alpha value is -2.39. The van der Waals surface area contributed by atoms with Crippen molar-refractivity contribution in [1.29, 1.82) is 5.26 Å². The number of para-hydroxylation sites is 1. The lowest BCUT2D eigenvalue weighted by Gasteiger charge is -2.36. The molecule has 0 radical (unpaired) electrons. The molecule has 0 atom stereocenters. The lowest BCUT2D eigenvalue weighted by molar-refractivity contribution is 0.00204. The zero-order valence-electron chi connectivity index (χ0n) is 11.7. The van der Waals surface area contributed by atoms with Gasteiger partial charge in [0.05, 0.1) is 11.1 Å². The highest BCUT2D eigenvalue weighted by Crippen LogP contribution is 2.24. The molecule has 108 valence electrons. The van der Waals surface area contributed by atoms with Gasteiger partial charge in [-0.25, -0.2) is 9.97 Å². The third kappa shape index (κ3) is 2.88. The molecule has 2 heterocycles. The largest absolute Gasteiger partial charge is 0.388 e. The van der Waals surface area contributed by atoms with Crippen LogP contribution in [-0.2, 0) is 0 Å². The predicted molar refractivity (Wildman–Crippen MR) is 79.4 cm³/mol. The summed E-state index contributed by atoms with van der Waals surface area (Å²) in [6.45, 7) is 1.62. The molecule has 0 unspecified atom stereocenters. The summed E-state index contributed by atoms with van der Waals surface area (Å²) in [7, 11) is 0. The summed E-state index contributed by atoms with van der Waals surface area (Å²) in [5, 5.41) is 23.6. The molecule has 21 heavy (non-hydrogen) atoms. The SMILES string of the molecule is N#CN1CCC(O)(CNc2ncnc3ccccc23)CC1. The van der Waals surface area contributed by atoms with Crippen LogP contribution in [0.15, 0.2) is 30.6 Å². The molecule has 3 rings (SSSR count). The number of likely N-dealkylation sites (tertiary alicyclic amines) is 1. The van der Waals surface area contributed by atoms with E-state index in [1.165, 1.54) is 6.33 Å². The summed E-state index contributed by atoms with van der Waals surface area (Å²) in [4.78, 5) is 10.2. The van der Waals surface area contributed by atoms with Crippen LogP contribution in [0.4, 0.5) is 5.82 Å². The first-order valence-corrected chi connectivity index (χ1v) is 7.01.